The third-order valence-electron chi connectivity index (χ3n) is 6.44. The van der Waals surface area contributed by atoms with Crippen molar-refractivity contribution in [2.24, 2.45) is 5.92 Å². The van der Waals surface area contributed by atoms with Gasteiger partial charge in [-0.25, -0.2) is 4.98 Å². The van der Waals surface area contributed by atoms with E-state index in [4.69, 9.17) is 0 Å². The van der Waals surface area contributed by atoms with Crippen LogP contribution < -0.4 is 15.5 Å². The number of nitrogens with one attached hydrogen (secondary N) is 2. The fourth-order valence-corrected chi connectivity index (χ4v) is 4.37. The maximum atomic E-state index is 12.6. The lowest BCUT2D eigenvalue weighted by Gasteiger charge is -2.25. The van der Waals surface area contributed by atoms with Gasteiger partial charge in [0.05, 0.1) is 29.7 Å². The summed E-state index contributed by atoms with van der Waals surface area (Å²) >= 11 is 0. The lowest BCUT2D eigenvalue weighted by atomic mass is 9.85. The zero-order valence-electron chi connectivity index (χ0n) is 17.9. The molecule has 2 N–H and O–H groups in total. The second-order valence-corrected chi connectivity index (χ2v) is 8.77. The van der Waals surface area contributed by atoms with Crippen molar-refractivity contribution in [2.45, 2.75) is 45.2 Å². The van der Waals surface area contributed by atoms with Crippen molar-refractivity contribution in [2.75, 3.05) is 24.5 Å². The second-order valence-electron chi connectivity index (χ2n) is 8.77. The number of amides is 1. The summed E-state index contributed by atoms with van der Waals surface area (Å²) < 4.78 is 2.04. The molecular weight excluding hydrogens is 388 g/mol. The Morgan fingerprint density at radius 3 is 2.74 bits per heavy atom. The molecular formula is C24H30N6O. The minimum atomic E-state index is -0.119. The Hall–Kier alpha value is -2.93. The first kappa shape index (κ1) is 20.0. The Kier molecular flexibility index (Phi) is 5.84. The number of hydrogen-bond donors (Lipinski definition) is 2. The number of pyridine rings is 2. The Morgan fingerprint density at radius 1 is 1.06 bits per heavy atom. The van der Waals surface area contributed by atoms with Crippen LogP contribution in [-0.4, -0.2) is 39.9 Å². The van der Waals surface area contributed by atoms with E-state index in [-0.39, 0.29) is 5.91 Å². The minimum Gasteiger partial charge on any atom is -0.370 e. The zero-order valence-corrected chi connectivity index (χ0v) is 17.9. The van der Waals surface area contributed by atoms with E-state index < -0.39 is 0 Å². The van der Waals surface area contributed by atoms with Crippen molar-refractivity contribution in [3.05, 3.63) is 59.8 Å². The van der Waals surface area contributed by atoms with E-state index in [2.05, 4.69) is 37.8 Å². The standard InChI is InChI=1S/C24H30N6O/c31-24(20-10-22(15-26-13-20)29-8-1-2-9-29)27-14-21-17-30-16-19(6-7-23(30)28-21)12-25-11-18-4-3-5-18/h6-7,10,13,15-18,25H,1-5,8-9,11-12,14H2,(H,27,31). The van der Waals surface area contributed by atoms with Gasteiger partial charge in [0.2, 0.25) is 0 Å². The molecule has 4 heterocycles. The summed E-state index contributed by atoms with van der Waals surface area (Å²) in [6.45, 7) is 4.44. The van der Waals surface area contributed by atoms with E-state index in [1.54, 1.807) is 6.20 Å². The zero-order chi connectivity index (χ0) is 21.0. The van der Waals surface area contributed by atoms with Crippen molar-refractivity contribution in [1.29, 1.82) is 0 Å². The van der Waals surface area contributed by atoms with Gasteiger partial charge >= 0.3 is 0 Å². The molecule has 7 nitrogen and oxygen atoms in total. The van der Waals surface area contributed by atoms with Gasteiger partial charge in [0, 0.05) is 38.2 Å². The van der Waals surface area contributed by atoms with Gasteiger partial charge in [-0.2, -0.15) is 0 Å². The summed E-state index contributed by atoms with van der Waals surface area (Å²) in [5.74, 6) is 0.741. The quantitative estimate of drug-likeness (QED) is 0.588. The highest BCUT2D eigenvalue weighted by atomic mass is 16.1. The van der Waals surface area contributed by atoms with Gasteiger partial charge in [0.15, 0.2) is 0 Å². The summed E-state index contributed by atoms with van der Waals surface area (Å²) in [5.41, 5.74) is 4.59. The molecule has 2 aliphatic rings. The van der Waals surface area contributed by atoms with Crippen LogP contribution in [0.2, 0.25) is 0 Å². The van der Waals surface area contributed by atoms with Gasteiger partial charge < -0.3 is 19.9 Å². The van der Waals surface area contributed by atoms with E-state index >= 15 is 0 Å². The molecule has 162 valence electrons. The number of carbonyl (C=O) groups is 1. The number of aromatic nitrogens is 3. The van der Waals surface area contributed by atoms with Gasteiger partial charge in [-0.3, -0.25) is 9.78 Å². The van der Waals surface area contributed by atoms with Crippen LogP contribution in [0.3, 0.4) is 0 Å². The number of hydrogen-bond acceptors (Lipinski definition) is 5. The normalized spacial score (nSPS) is 16.6. The maximum Gasteiger partial charge on any atom is 0.253 e. The maximum absolute atomic E-state index is 12.6. The van der Waals surface area contributed by atoms with Gasteiger partial charge in [0.1, 0.15) is 5.65 Å². The van der Waals surface area contributed by atoms with Crippen molar-refractivity contribution >= 4 is 17.2 Å². The number of carbonyl (C=O) groups excluding carboxylic acids is 1. The molecule has 0 aromatic carbocycles. The summed E-state index contributed by atoms with van der Waals surface area (Å²) in [6.07, 6.45) is 14.1. The molecule has 1 saturated carbocycles. The second kappa shape index (κ2) is 9.06. The Labute approximate surface area is 182 Å². The summed E-state index contributed by atoms with van der Waals surface area (Å²) in [7, 11) is 0. The van der Waals surface area contributed by atoms with Gasteiger partial charge in [-0.05, 0) is 55.8 Å². The highest BCUT2D eigenvalue weighted by Crippen LogP contribution is 2.25. The first-order chi connectivity index (χ1) is 15.2. The lowest BCUT2D eigenvalue weighted by molar-refractivity contribution is 0.0950. The number of nitrogens with zero attached hydrogens (tertiary/aromatic N) is 4. The molecule has 0 unspecified atom stereocenters. The molecule has 3 aromatic heterocycles. The third kappa shape index (κ3) is 4.71. The average Bonchev–Trinajstić information content (AvgIpc) is 3.43. The summed E-state index contributed by atoms with van der Waals surface area (Å²) in [6, 6.07) is 6.09. The van der Waals surface area contributed by atoms with Crippen molar-refractivity contribution < 1.29 is 4.79 Å². The van der Waals surface area contributed by atoms with Crippen LogP contribution in [0, 0.1) is 5.92 Å². The lowest BCUT2D eigenvalue weighted by Crippen LogP contribution is -2.26. The predicted molar refractivity (Wildman–Crippen MR) is 121 cm³/mol. The molecule has 0 bridgehead atoms. The molecule has 1 aliphatic carbocycles. The molecule has 1 aliphatic heterocycles. The molecule has 31 heavy (non-hydrogen) atoms. The topological polar surface area (TPSA) is 74.6 Å². The van der Waals surface area contributed by atoms with Crippen LogP contribution in [0.15, 0.2) is 43.0 Å². The van der Waals surface area contributed by atoms with Crippen molar-refractivity contribution in [3.8, 4) is 0 Å². The van der Waals surface area contributed by atoms with Gasteiger partial charge in [-0.1, -0.05) is 12.5 Å². The Morgan fingerprint density at radius 2 is 1.94 bits per heavy atom. The van der Waals surface area contributed by atoms with Crippen LogP contribution in [-0.2, 0) is 13.1 Å². The molecule has 2 fully saturated rings. The predicted octanol–water partition coefficient (Wildman–Crippen LogP) is 3.15. The fourth-order valence-electron chi connectivity index (χ4n) is 4.37. The molecule has 0 atom stereocenters. The number of imidazole rings is 1. The highest BCUT2D eigenvalue weighted by Gasteiger charge is 2.17. The molecule has 1 saturated heterocycles. The summed E-state index contributed by atoms with van der Waals surface area (Å²) in [4.78, 5) is 23.8. The van der Waals surface area contributed by atoms with E-state index in [1.165, 1.54) is 37.7 Å². The van der Waals surface area contributed by atoms with Gasteiger partial charge in [0.25, 0.3) is 5.91 Å². The van der Waals surface area contributed by atoms with E-state index in [0.29, 0.717) is 12.1 Å². The molecule has 3 aromatic rings. The summed E-state index contributed by atoms with van der Waals surface area (Å²) in [5, 5.41) is 6.54. The molecule has 1 amide bonds. The Bertz CT molecular complexity index is 1050. The van der Waals surface area contributed by atoms with E-state index in [1.807, 2.05) is 28.9 Å². The smallest absolute Gasteiger partial charge is 0.253 e. The monoisotopic (exact) mass is 418 g/mol. The Balaban J connectivity index is 1.18. The van der Waals surface area contributed by atoms with E-state index in [9.17, 15) is 4.79 Å². The first-order valence-corrected chi connectivity index (χ1v) is 11.4. The first-order valence-electron chi connectivity index (χ1n) is 11.4. The van der Waals surface area contributed by atoms with Crippen LogP contribution >= 0.6 is 0 Å². The molecule has 7 heteroatoms. The van der Waals surface area contributed by atoms with Crippen molar-refractivity contribution in [1.82, 2.24) is 25.0 Å². The number of fused-ring (bicyclic) bond motifs is 1. The highest BCUT2D eigenvalue weighted by molar-refractivity contribution is 5.94. The van der Waals surface area contributed by atoms with Gasteiger partial charge in [-0.15, -0.1) is 0 Å². The molecule has 0 spiro atoms. The van der Waals surface area contributed by atoms with E-state index in [0.717, 1.165) is 49.1 Å². The minimum absolute atomic E-state index is 0.119. The molecule has 5 rings (SSSR count). The van der Waals surface area contributed by atoms with Crippen LogP contribution in [0.25, 0.3) is 5.65 Å². The fraction of sp³-hybridized carbons (Fsp3) is 0.458. The van der Waals surface area contributed by atoms with Crippen LogP contribution in [0.4, 0.5) is 5.69 Å². The van der Waals surface area contributed by atoms with Crippen molar-refractivity contribution in [3.63, 3.8) is 0 Å². The van der Waals surface area contributed by atoms with Crippen LogP contribution in [0.1, 0.15) is 53.7 Å². The van der Waals surface area contributed by atoms with Crippen LogP contribution in [0.5, 0.6) is 0 Å². The number of rotatable bonds is 8. The number of anilines is 1. The third-order valence-corrected chi connectivity index (χ3v) is 6.44. The SMILES string of the molecule is O=C(NCc1cn2cc(CNCC3CCC3)ccc2n1)c1cncc(N2CCCC2)c1. The largest absolute Gasteiger partial charge is 0.370 e. The molecule has 0 radical (unpaired) electrons. The average molecular weight is 419 g/mol.